The number of carboxylic acids is 1. The summed E-state index contributed by atoms with van der Waals surface area (Å²) in [6, 6.07) is 11.0. The molecule has 0 radical (unpaired) electrons. The lowest BCUT2D eigenvalue weighted by molar-refractivity contribution is 0.0702. The first-order valence-corrected chi connectivity index (χ1v) is 6.11. The topological polar surface area (TPSA) is 46.5 Å². The van der Waals surface area contributed by atoms with E-state index in [1.54, 1.807) is 12.1 Å². The molecule has 1 heterocycles. The highest BCUT2D eigenvalue weighted by Gasteiger charge is 2.09. The quantitative estimate of drug-likeness (QED) is 0.895. The molecule has 88 valence electrons. The van der Waals surface area contributed by atoms with E-state index in [2.05, 4.69) is 6.92 Å². The lowest BCUT2D eigenvalue weighted by atomic mass is 10.1. The molecule has 2 aromatic rings. The fraction of sp³-hybridized carbons (Fsp3) is 0.154. The minimum atomic E-state index is -0.923. The highest BCUT2D eigenvalue weighted by molar-refractivity contribution is 7.15. The predicted molar refractivity (Wildman–Crippen MR) is 67.2 cm³/mol. The number of hydrogen-bond donors (Lipinski definition) is 1. The van der Waals surface area contributed by atoms with Crippen LogP contribution in [-0.2, 0) is 6.42 Å². The summed E-state index contributed by atoms with van der Waals surface area (Å²) < 4.78 is 5.69. The molecule has 17 heavy (non-hydrogen) atoms. The number of aryl methyl sites for hydroxylation is 1. The van der Waals surface area contributed by atoms with E-state index in [-0.39, 0.29) is 4.88 Å². The van der Waals surface area contributed by atoms with Crippen molar-refractivity contribution in [3.63, 3.8) is 0 Å². The Kier molecular flexibility index (Phi) is 3.44. The van der Waals surface area contributed by atoms with Crippen LogP contribution in [0.4, 0.5) is 0 Å². The Labute approximate surface area is 103 Å². The van der Waals surface area contributed by atoms with Crippen LogP contribution in [0.5, 0.6) is 10.8 Å². The summed E-state index contributed by atoms with van der Waals surface area (Å²) in [7, 11) is 0. The zero-order valence-electron chi connectivity index (χ0n) is 9.34. The number of thiophene rings is 1. The van der Waals surface area contributed by atoms with Crippen molar-refractivity contribution in [1.82, 2.24) is 0 Å². The number of carboxylic acid groups (broad SMARTS) is 1. The fourth-order valence-corrected chi connectivity index (χ4v) is 2.20. The van der Waals surface area contributed by atoms with Crippen molar-refractivity contribution in [3.05, 3.63) is 46.8 Å². The normalized spacial score (nSPS) is 10.2. The average Bonchev–Trinajstić information content (AvgIpc) is 2.78. The van der Waals surface area contributed by atoms with Crippen LogP contribution in [0.15, 0.2) is 36.4 Å². The molecule has 1 N–H and O–H groups in total. The van der Waals surface area contributed by atoms with E-state index in [9.17, 15) is 4.79 Å². The molecule has 0 saturated heterocycles. The third kappa shape index (κ3) is 2.65. The Morgan fingerprint density at radius 3 is 2.71 bits per heavy atom. The summed E-state index contributed by atoms with van der Waals surface area (Å²) in [4.78, 5) is 11.0. The van der Waals surface area contributed by atoms with Crippen LogP contribution < -0.4 is 4.74 Å². The Morgan fingerprint density at radius 2 is 2.06 bits per heavy atom. The van der Waals surface area contributed by atoms with Gasteiger partial charge in [0.1, 0.15) is 10.6 Å². The second-order valence-electron chi connectivity index (χ2n) is 3.49. The van der Waals surface area contributed by atoms with E-state index in [4.69, 9.17) is 9.84 Å². The van der Waals surface area contributed by atoms with E-state index in [1.807, 2.05) is 24.3 Å². The van der Waals surface area contributed by atoms with Gasteiger partial charge in [0.15, 0.2) is 5.06 Å². The molecule has 2 rings (SSSR count). The van der Waals surface area contributed by atoms with Gasteiger partial charge in [-0.3, -0.25) is 0 Å². The lowest BCUT2D eigenvalue weighted by Gasteiger charge is -2.07. The standard InChI is InChI=1S/C13H12O3S/c1-2-9-5-3-4-6-10(9)16-12-8-7-11(17-12)13(14)15/h3-8H,2H2,1H3,(H,14,15). The van der Waals surface area contributed by atoms with Gasteiger partial charge >= 0.3 is 5.97 Å². The highest BCUT2D eigenvalue weighted by atomic mass is 32.1. The Balaban J connectivity index is 2.22. The Hall–Kier alpha value is -1.81. The van der Waals surface area contributed by atoms with Gasteiger partial charge in [-0.1, -0.05) is 36.5 Å². The number of carbonyl (C=O) groups is 1. The van der Waals surface area contributed by atoms with Crippen LogP contribution in [0.2, 0.25) is 0 Å². The number of ether oxygens (including phenoxy) is 1. The van der Waals surface area contributed by atoms with Gasteiger partial charge in [0.2, 0.25) is 0 Å². The maximum Gasteiger partial charge on any atom is 0.345 e. The summed E-state index contributed by atoms with van der Waals surface area (Å²) in [5.74, 6) is -0.137. The number of benzene rings is 1. The van der Waals surface area contributed by atoms with Gasteiger partial charge in [-0.2, -0.15) is 0 Å². The van der Waals surface area contributed by atoms with Crippen molar-refractivity contribution in [2.24, 2.45) is 0 Å². The van der Waals surface area contributed by atoms with E-state index >= 15 is 0 Å². The molecule has 0 aliphatic rings. The second-order valence-corrected chi connectivity index (χ2v) is 4.53. The molecule has 0 amide bonds. The SMILES string of the molecule is CCc1ccccc1Oc1ccc(C(=O)O)s1. The molecule has 0 fully saturated rings. The van der Waals surface area contributed by atoms with Crippen LogP contribution >= 0.6 is 11.3 Å². The van der Waals surface area contributed by atoms with Gasteiger partial charge in [0.05, 0.1) is 0 Å². The third-order valence-electron chi connectivity index (χ3n) is 2.36. The van der Waals surface area contributed by atoms with Crippen LogP contribution in [-0.4, -0.2) is 11.1 Å². The van der Waals surface area contributed by atoms with Crippen molar-refractivity contribution < 1.29 is 14.6 Å². The van der Waals surface area contributed by atoms with Crippen LogP contribution in [0, 0.1) is 0 Å². The van der Waals surface area contributed by atoms with E-state index in [0.29, 0.717) is 5.06 Å². The Bertz CT molecular complexity index is 531. The van der Waals surface area contributed by atoms with Crippen molar-refractivity contribution in [3.8, 4) is 10.8 Å². The lowest BCUT2D eigenvalue weighted by Crippen LogP contribution is -1.90. The number of aromatic carboxylic acids is 1. The number of hydrogen-bond acceptors (Lipinski definition) is 3. The van der Waals surface area contributed by atoms with Crippen molar-refractivity contribution in [1.29, 1.82) is 0 Å². The van der Waals surface area contributed by atoms with E-state index < -0.39 is 5.97 Å². The first-order chi connectivity index (χ1) is 8.20. The van der Waals surface area contributed by atoms with E-state index in [0.717, 1.165) is 29.1 Å². The first-order valence-electron chi connectivity index (χ1n) is 5.29. The van der Waals surface area contributed by atoms with Crippen LogP contribution in [0.25, 0.3) is 0 Å². The van der Waals surface area contributed by atoms with Gasteiger partial charge in [0, 0.05) is 0 Å². The zero-order chi connectivity index (χ0) is 12.3. The Morgan fingerprint density at radius 1 is 1.29 bits per heavy atom. The summed E-state index contributed by atoms with van der Waals surface area (Å²) in [5, 5.41) is 9.42. The van der Waals surface area contributed by atoms with Crippen LogP contribution in [0.1, 0.15) is 22.2 Å². The molecule has 0 spiro atoms. The summed E-state index contributed by atoms with van der Waals surface area (Å²) in [6.45, 7) is 2.05. The molecule has 0 aliphatic heterocycles. The predicted octanol–water partition coefficient (Wildman–Crippen LogP) is 3.80. The fourth-order valence-electron chi connectivity index (χ4n) is 1.49. The van der Waals surface area contributed by atoms with Gasteiger partial charge in [-0.25, -0.2) is 4.79 Å². The molecular formula is C13H12O3S. The monoisotopic (exact) mass is 248 g/mol. The van der Waals surface area contributed by atoms with Gasteiger partial charge in [0.25, 0.3) is 0 Å². The molecule has 4 heteroatoms. The molecule has 0 atom stereocenters. The summed E-state index contributed by atoms with van der Waals surface area (Å²) in [6.07, 6.45) is 0.882. The van der Waals surface area contributed by atoms with Gasteiger partial charge < -0.3 is 9.84 Å². The molecule has 0 aliphatic carbocycles. The summed E-state index contributed by atoms with van der Waals surface area (Å²) >= 11 is 1.13. The number of para-hydroxylation sites is 1. The zero-order valence-corrected chi connectivity index (χ0v) is 10.2. The largest absolute Gasteiger partial charge is 0.477 e. The first kappa shape index (κ1) is 11.7. The highest BCUT2D eigenvalue weighted by Crippen LogP contribution is 2.31. The molecule has 1 aromatic heterocycles. The molecule has 0 bridgehead atoms. The minimum Gasteiger partial charge on any atom is -0.477 e. The van der Waals surface area contributed by atoms with E-state index in [1.165, 1.54) is 0 Å². The smallest absolute Gasteiger partial charge is 0.345 e. The number of rotatable bonds is 4. The molecule has 3 nitrogen and oxygen atoms in total. The maximum atomic E-state index is 10.7. The molecule has 0 saturated carbocycles. The van der Waals surface area contributed by atoms with Crippen LogP contribution in [0.3, 0.4) is 0 Å². The minimum absolute atomic E-state index is 0.286. The molecule has 0 unspecified atom stereocenters. The van der Waals surface area contributed by atoms with Gasteiger partial charge in [-0.05, 0) is 30.2 Å². The van der Waals surface area contributed by atoms with Gasteiger partial charge in [-0.15, -0.1) is 0 Å². The second kappa shape index (κ2) is 5.01. The average molecular weight is 248 g/mol. The molecule has 1 aromatic carbocycles. The van der Waals surface area contributed by atoms with Crippen molar-refractivity contribution >= 4 is 17.3 Å². The van der Waals surface area contributed by atoms with Crippen molar-refractivity contribution in [2.45, 2.75) is 13.3 Å². The van der Waals surface area contributed by atoms with Crippen molar-refractivity contribution in [2.75, 3.05) is 0 Å². The molecular weight excluding hydrogens is 236 g/mol. The third-order valence-corrected chi connectivity index (χ3v) is 3.31. The summed E-state index contributed by atoms with van der Waals surface area (Å²) in [5.41, 5.74) is 1.11. The maximum absolute atomic E-state index is 10.7.